The minimum atomic E-state index is -0.379. The molecule has 0 amide bonds. The van der Waals surface area contributed by atoms with Crippen LogP contribution < -0.4 is 0 Å². The van der Waals surface area contributed by atoms with Crippen LogP contribution in [0.4, 0.5) is 0 Å². The molecule has 1 aliphatic rings. The van der Waals surface area contributed by atoms with Crippen molar-refractivity contribution in [3.63, 3.8) is 0 Å². The second-order valence-electron chi connectivity index (χ2n) is 3.37. The molecule has 1 aromatic rings. The van der Waals surface area contributed by atoms with Gasteiger partial charge in [-0.15, -0.1) is 0 Å². The van der Waals surface area contributed by atoms with Gasteiger partial charge < -0.3 is 9.47 Å². The SMILES string of the molecule is O=C(OC1CCOC1)c1ccccc1Cl. The highest BCUT2D eigenvalue weighted by Crippen LogP contribution is 2.18. The molecule has 1 aromatic carbocycles. The van der Waals surface area contributed by atoms with E-state index in [0.717, 1.165) is 6.42 Å². The second kappa shape index (κ2) is 4.64. The van der Waals surface area contributed by atoms with E-state index in [4.69, 9.17) is 21.1 Å². The Labute approximate surface area is 92.9 Å². The molecule has 1 heterocycles. The molecule has 0 radical (unpaired) electrons. The summed E-state index contributed by atoms with van der Waals surface area (Å²) in [6, 6.07) is 6.86. The molecular weight excluding hydrogens is 216 g/mol. The van der Waals surface area contributed by atoms with Crippen LogP contribution in [0.25, 0.3) is 0 Å². The molecule has 1 atom stereocenters. The zero-order chi connectivity index (χ0) is 10.7. The third kappa shape index (κ3) is 2.49. The van der Waals surface area contributed by atoms with Gasteiger partial charge in [0.1, 0.15) is 6.10 Å². The molecule has 0 saturated carbocycles. The van der Waals surface area contributed by atoms with Crippen molar-refractivity contribution < 1.29 is 14.3 Å². The number of hydrogen-bond acceptors (Lipinski definition) is 3. The Morgan fingerprint density at radius 3 is 2.93 bits per heavy atom. The maximum atomic E-state index is 11.7. The first-order valence-corrected chi connectivity index (χ1v) is 5.18. The van der Waals surface area contributed by atoms with E-state index >= 15 is 0 Å². The zero-order valence-corrected chi connectivity index (χ0v) is 8.87. The normalized spacial score (nSPS) is 20.2. The predicted octanol–water partition coefficient (Wildman–Crippen LogP) is 2.29. The van der Waals surface area contributed by atoms with Crippen molar-refractivity contribution in [1.82, 2.24) is 0 Å². The smallest absolute Gasteiger partial charge is 0.340 e. The summed E-state index contributed by atoms with van der Waals surface area (Å²) < 4.78 is 10.3. The minimum Gasteiger partial charge on any atom is -0.456 e. The summed E-state index contributed by atoms with van der Waals surface area (Å²) in [5, 5.41) is 0.418. The Morgan fingerprint density at radius 2 is 2.27 bits per heavy atom. The van der Waals surface area contributed by atoms with Crippen LogP contribution in [0.5, 0.6) is 0 Å². The molecule has 4 heteroatoms. The molecule has 0 N–H and O–H groups in total. The Balaban J connectivity index is 2.04. The largest absolute Gasteiger partial charge is 0.456 e. The van der Waals surface area contributed by atoms with Crippen molar-refractivity contribution in [1.29, 1.82) is 0 Å². The fraction of sp³-hybridized carbons (Fsp3) is 0.364. The number of rotatable bonds is 2. The average molecular weight is 227 g/mol. The van der Waals surface area contributed by atoms with Crippen molar-refractivity contribution in [2.45, 2.75) is 12.5 Å². The molecule has 1 aliphatic heterocycles. The quantitative estimate of drug-likeness (QED) is 0.726. The number of ether oxygens (including phenoxy) is 2. The highest BCUT2D eigenvalue weighted by Gasteiger charge is 2.21. The van der Waals surface area contributed by atoms with E-state index in [1.807, 2.05) is 0 Å². The first-order chi connectivity index (χ1) is 7.27. The van der Waals surface area contributed by atoms with Gasteiger partial charge in [0.15, 0.2) is 0 Å². The van der Waals surface area contributed by atoms with Gasteiger partial charge in [0.05, 0.1) is 23.8 Å². The molecule has 1 saturated heterocycles. The number of halogens is 1. The topological polar surface area (TPSA) is 35.5 Å². The minimum absolute atomic E-state index is 0.131. The van der Waals surface area contributed by atoms with E-state index < -0.39 is 0 Å². The highest BCUT2D eigenvalue weighted by molar-refractivity contribution is 6.33. The third-order valence-electron chi connectivity index (χ3n) is 2.26. The van der Waals surface area contributed by atoms with Gasteiger partial charge in [0.2, 0.25) is 0 Å². The van der Waals surface area contributed by atoms with Gasteiger partial charge in [0.25, 0.3) is 0 Å². The molecule has 80 valence electrons. The number of carbonyl (C=O) groups is 1. The summed E-state index contributed by atoms with van der Waals surface area (Å²) in [7, 11) is 0. The van der Waals surface area contributed by atoms with Crippen molar-refractivity contribution in [2.24, 2.45) is 0 Å². The van der Waals surface area contributed by atoms with E-state index in [2.05, 4.69) is 0 Å². The van der Waals surface area contributed by atoms with Gasteiger partial charge in [-0.3, -0.25) is 0 Å². The van der Waals surface area contributed by atoms with E-state index in [1.165, 1.54) is 0 Å². The lowest BCUT2D eigenvalue weighted by molar-refractivity contribution is 0.0271. The van der Waals surface area contributed by atoms with Gasteiger partial charge in [0, 0.05) is 6.42 Å². The third-order valence-corrected chi connectivity index (χ3v) is 2.58. The van der Waals surface area contributed by atoms with E-state index in [-0.39, 0.29) is 12.1 Å². The first kappa shape index (κ1) is 10.5. The Hall–Kier alpha value is -1.06. The van der Waals surface area contributed by atoms with Gasteiger partial charge in [-0.1, -0.05) is 23.7 Å². The standard InChI is InChI=1S/C11H11ClO3/c12-10-4-2-1-3-9(10)11(13)15-8-5-6-14-7-8/h1-4,8H,5-7H2. The van der Waals surface area contributed by atoms with Crippen molar-refractivity contribution >= 4 is 17.6 Å². The number of benzene rings is 1. The summed E-state index contributed by atoms with van der Waals surface area (Å²) in [5.41, 5.74) is 0.408. The summed E-state index contributed by atoms with van der Waals surface area (Å²) in [4.78, 5) is 11.7. The molecule has 3 nitrogen and oxygen atoms in total. The van der Waals surface area contributed by atoms with Gasteiger partial charge in [-0.05, 0) is 12.1 Å². The monoisotopic (exact) mass is 226 g/mol. The Morgan fingerprint density at radius 1 is 1.47 bits per heavy atom. The summed E-state index contributed by atoms with van der Waals surface area (Å²) in [5.74, 6) is -0.379. The van der Waals surface area contributed by atoms with Crippen LogP contribution in [0.2, 0.25) is 5.02 Å². The van der Waals surface area contributed by atoms with Crippen LogP contribution in [0.15, 0.2) is 24.3 Å². The molecule has 15 heavy (non-hydrogen) atoms. The van der Waals surface area contributed by atoms with Crippen molar-refractivity contribution in [2.75, 3.05) is 13.2 Å². The summed E-state index contributed by atoms with van der Waals surface area (Å²) in [6.45, 7) is 1.14. The molecule has 1 unspecified atom stereocenters. The number of hydrogen-bond donors (Lipinski definition) is 0. The van der Waals surface area contributed by atoms with E-state index in [0.29, 0.717) is 23.8 Å². The molecule has 1 fully saturated rings. The Bertz CT molecular complexity index is 359. The lowest BCUT2D eigenvalue weighted by Gasteiger charge is -2.10. The fourth-order valence-electron chi connectivity index (χ4n) is 1.45. The molecule has 2 rings (SSSR count). The van der Waals surface area contributed by atoms with Gasteiger partial charge >= 0.3 is 5.97 Å². The van der Waals surface area contributed by atoms with Crippen LogP contribution >= 0.6 is 11.6 Å². The van der Waals surface area contributed by atoms with Gasteiger partial charge in [-0.25, -0.2) is 4.79 Å². The lowest BCUT2D eigenvalue weighted by Crippen LogP contribution is -2.18. The fourth-order valence-corrected chi connectivity index (χ4v) is 1.66. The molecule has 0 aromatic heterocycles. The highest BCUT2D eigenvalue weighted by atomic mass is 35.5. The van der Waals surface area contributed by atoms with Gasteiger partial charge in [-0.2, -0.15) is 0 Å². The number of esters is 1. The predicted molar refractivity (Wildman–Crippen MR) is 56.1 cm³/mol. The maximum Gasteiger partial charge on any atom is 0.340 e. The molecule has 0 spiro atoms. The van der Waals surface area contributed by atoms with Crippen LogP contribution in [-0.2, 0) is 9.47 Å². The number of carbonyl (C=O) groups excluding carboxylic acids is 1. The first-order valence-electron chi connectivity index (χ1n) is 4.80. The summed E-state index contributed by atoms with van der Waals surface area (Å²) >= 11 is 5.87. The second-order valence-corrected chi connectivity index (χ2v) is 3.78. The maximum absolute atomic E-state index is 11.7. The van der Waals surface area contributed by atoms with Crippen LogP contribution in [-0.4, -0.2) is 25.3 Å². The average Bonchev–Trinajstić information content (AvgIpc) is 2.71. The Kier molecular flexibility index (Phi) is 3.23. The van der Waals surface area contributed by atoms with E-state index in [9.17, 15) is 4.79 Å². The van der Waals surface area contributed by atoms with Crippen LogP contribution in [0.1, 0.15) is 16.8 Å². The molecule has 0 aliphatic carbocycles. The van der Waals surface area contributed by atoms with Crippen molar-refractivity contribution in [3.8, 4) is 0 Å². The summed E-state index contributed by atoms with van der Waals surface area (Å²) in [6.07, 6.45) is 0.629. The lowest BCUT2D eigenvalue weighted by atomic mass is 10.2. The van der Waals surface area contributed by atoms with Crippen LogP contribution in [0, 0.1) is 0 Å². The molecular formula is C11H11ClO3. The van der Waals surface area contributed by atoms with Crippen LogP contribution in [0.3, 0.4) is 0 Å². The van der Waals surface area contributed by atoms with Crippen molar-refractivity contribution in [3.05, 3.63) is 34.9 Å². The molecule has 0 bridgehead atoms. The zero-order valence-electron chi connectivity index (χ0n) is 8.11. The van der Waals surface area contributed by atoms with E-state index in [1.54, 1.807) is 24.3 Å².